The maximum Gasteiger partial charge on any atom is 0.416 e. The third-order valence-electron chi connectivity index (χ3n) is 2.02. The van der Waals surface area contributed by atoms with Crippen LogP contribution in [0.2, 0.25) is 0 Å². The van der Waals surface area contributed by atoms with Crippen LogP contribution in [0.25, 0.3) is 0 Å². The number of hydrogen-bond donors (Lipinski definition) is 3. The Hall–Kier alpha value is -0.790. The fourth-order valence-electron chi connectivity index (χ4n) is 1.16. The van der Waals surface area contributed by atoms with E-state index in [1.54, 1.807) is 0 Å². The molecule has 0 heterocycles. The molecule has 0 aliphatic carbocycles. The molecule has 0 aliphatic heterocycles. The first kappa shape index (κ1) is 13.3. The largest absolute Gasteiger partial charge is 0.506 e. The van der Waals surface area contributed by atoms with Gasteiger partial charge < -0.3 is 15.9 Å². The zero-order chi connectivity index (χ0) is 12.5. The Balaban J connectivity index is 3.33. The van der Waals surface area contributed by atoms with Crippen LogP contribution in [0.1, 0.15) is 17.2 Å². The fourth-order valence-corrected chi connectivity index (χ4v) is 1.64. The summed E-state index contributed by atoms with van der Waals surface area (Å²) in [5, 5.41) is 18.2. The standard InChI is InChI=1S/C9H9BrF3NO2/c10-6-2-4(9(11,12)13)1-5(8(6)16)7(14)3-15/h1-2,7,15-16H,3,14H2/t7-/m0/s1. The Morgan fingerprint density at radius 1 is 1.38 bits per heavy atom. The summed E-state index contributed by atoms with van der Waals surface area (Å²) in [5.41, 5.74) is 4.29. The van der Waals surface area contributed by atoms with Gasteiger partial charge in [-0.1, -0.05) is 0 Å². The molecule has 7 heteroatoms. The van der Waals surface area contributed by atoms with Gasteiger partial charge in [0.15, 0.2) is 0 Å². The molecule has 0 unspecified atom stereocenters. The number of rotatable bonds is 2. The van der Waals surface area contributed by atoms with Crippen molar-refractivity contribution in [3.8, 4) is 5.75 Å². The van der Waals surface area contributed by atoms with Crippen molar-refractivity contribution in [3.63, 3.8) is 0 Å². The van der Waals surface area contributed by atoms with Crippen LogP contribution in [0.4, 0.5) is 13.2 Å². The first-order chi connectivity index (χ1) is 7.27. The van der Waals surface area contributed by atoms with Gasteiger partial charge in [-0.25, -0.2) is 0 Å². The number of aliphatic hydroxyl groups excluding tert-OH is 1. The zero-order valence-corrected chi connectivity index (χ0v) is 9.51. The maximum absolute atomic E-state index is 12.4. The number of aromatic hydroxyl groups is 1. The molecular weight excluding hydrogens is 291 g/mol. The molecule has 0 spiro atoms. The van der Waals surface area contributed by atoms with Gasteiger partial charge in [0.25, 0.3) is 0 Å². The Morgan fingerprint density at radius 2 is 1.94 bits per heavy atom. The van der Waals surface area contributed by atoms with Crippen molar-refractivity contribution >= 4 is 15.9 Å². The van der Waals surface area contributed by atoms with E-state index in [-0.39, 0.29) is 10.0 Å². The van der Waals surface area contributed by atoms with Crippen LogP contribution in [-0.2, 0) is 6.18 Å². The highest BCUT2D eigenvalue weighted by Gasteiger charge is 2.32. The van der Waals surface area contributed by atoms with Gasteiger partial charge in [0.05, 0.1) is 22.7 Å². The maximum atomic E-state index is 12.4. The molecule has 0 amide bonds. The summed E-state index contributed by atoms with van der Waals surface area (Å²) < 4.78 is 37.2. The Labute approximate surface area is 97.8 Å². The lowest BCUT2D eigenvalue weighted by Gasteiger charge is -2.15. The average molecular weight is 300 g/mol. The third-order valence-corrected chi connectivity index (χ3v) is 2.62. The topological polar surface area (TPSA) is 66.5 Å². The zero-order valence-electron chi connectivity index (χ0n) is 7.92. The fraction of sp³-hybridized carbons (Fsp3) is 0.333. The van der Waals surface area contributed by atoms with E-state index in [0.29, 0.717) is 0 Å². The predicted octanol–water partition coefficient (Wildman–Crippen LogP) is 2.17. The Kier molecular flexibility index (Phi) is 3.82. The molecule has 4 N–H and O–H groups in total. The van der Waals surface area contributed by atoms with Crippen LogP contribution in [-0.4, -0.2) is 16.8 Å². The molecule has 0 aromatic heterocycles. The van der Waals surface area contributed by atoms with Crippen LogP contribution < -0.4 is 5.73 Å². The highest BCUT2D eigenvalue weighted by atomic mass is 79.9. The normalized spacial score (nSPS) is 13.9. The monoisotopic (exact) mass is 299 g/mol. The second-order valence-corrected chi connectivity index (χ2v) is 4.04. The van der Waals surface area contributed by atoms with Crippen molar-refractivity contribution in [2.45, 2.75) is 12.2 Å². The third kappa shape index (κ3) is 2.66. The molecule has 3 nitrogen and oxygen atoms in total. The molecule has 1 atom stereocenters. The molecule has 1 aromatic carbocycles. The molecule has 0 fully saturated rings. The summed E-state index contributed by atoms with van der Waals surface area (Å²) >= 11 is 2.80. The average Bonchev–Trinajstić information content (AvgIpc) is 2.19. The van der Waals surface area contributed by atoms with Gasteiger partial charge in [0.1, 0.15) is 5.75 Å². The molecule has 1 aromatic rings. The van der Waals surface area contributed by atoms with Gasteiger partial charge in [-0.3, -0.25) is 0 Å². The quantitative estimate of drug-likeness (QED) is 0.784. The summed E-state index contributed by atoms with van der Waals surface area (Å²) in [7, 11) is 0. The van der Waals surface area contributed by atoms with Crippen LogP contribution in [0.3, 0.4) is 0 Å². The minimum absolute atomic E-state index is 0.110. The molecule has 0 radical (unpaired) electrons. The molecule has 0 saturated heterocycles. The van der Waals surface area contributed by atoms with Crippen molar-refractivity contribution in [2.24, 2.45) is 5.73 Å². The summed E-state index contributed by atoms with van der Waals surface area (Å²) in [6.07, 6.45) is -4.53. The molecule has 0 saturated carbocycles. The molecule has 0 aliphatic rings. The highest BCUT2D eigenvalue weighted by Crippen LogP contribution is 2.38. The van der Waals surface area contributed by atoms with E-state index in [4.69, 9.17) is 10.8 Å². The van der Waals surface area contributed by atoms with E-state index < -0.39 is 30.1 Å². The summed E-state index contributed by atoms with van der Waals surface area (Å²) in [5.74, 6) is -0.394. The van der Waals surface area contributed by atoms with Gasteiger partial charge in [0, 0.05) is 5.56 Å². The number of hydrogen-bond acceptors (Lipinski definition) is 3. The van der Waals surface area contributed by atoms with Crippen LogP contribution in [0, 0.1) is 0 Å². The molecule has 1 rings (SSSR count). The van der Waals surface area contributed by atoms with Gasteiger partial charge >= 0.3 is 6.18 Å². The number of alkyl halides is 3. The lowest BCUT2D eigenvalue weighted by molar-refractivity contribution is -0.137. The van der Waals surface area contributed by atoms with Crippen LogP contribution in [0.5, 0.6) is 5.75 Å². The first-order valence-corrected chi connectivity index (χ1v) is 5.02. The van der Waals surface area contributed by atoms with Crippen molar-refractivity contribution in [1.29, 1.82) is 0 Å². The SMILES string of the molecule is N[C@@H](CO)c1cc(C(F)(F)F)cc(Br)c1O. The number of aliphatic hydroxyl groups is 1. The summed E-state index contributed by atoms with van der Waals surface area (Å²) in [6.45, 7) is -0.554. The molecule has 0 bridgehead atoms. The number of nitrogens with two attached hydrogens (primary N) is 1. The van der Waals surface area contributed by atoms with Crippen LogP contribution in [0.15, 0.2) is 16.6 Å². The van der Waals surface area contributed by atoms with Crippen molar-refractivity contribution < 1.29 is 23.4 Å². The molecular formula is C9H9BrF3NO2. The van der Waals surface area contributed by atoms with Gasteiger partial charge in [-0.15, -0.1) is 0 Å². The smallest absolute Gasteiger partial charge is 0.416 e. The minimum Gasteiger partial charge on any atom is -0.506 e. The summed E-state index contributed by atoms with van der Waals surface area (Å²) in [6, 6.07) is 0.419. The van der Waals surface area contributed by atoms with Crippen LogP contribution >= 0.6 is 15.9 Å². The number of phenols is 1. The number of phenolic OH excluding ortho intramolecular Hbond substituents is 1. The van der Waals surface area contributed by atoms with E-state index in [1.165, 1.54) is 0 Å². The highest BCUT2D eigenvalue weighted by molar-refractivity contribution is 9.10. The molecule has 90 valence electrons. The predicted molar refractivity (Wildman–Crippen MR) is 54.8 cm³/mol. The van der Waals surface area contributed by atoms with Gasteiger partial charge in [0.2, 0.25) is 0 Å². The van der Waals surface area contributed by atoms with E-state index in [0.717, 1.165) is 12.1 Å². The number of benzene rings is 1. The second kappa shape index (κ2) is 4.60. The van der Waals surface area contributed by atoms with E-state index in [2.05, 4.69) is 15.9 Å². The van der Waals surface area contributed by atoms with Gasteiger partial charge in [-0.05, 0) is 28.1 Å². The van der Waals surface area contributed by atoms with Gasteiger partial charge in [-0.2, -0.15) is 13.2 Å². The molecule has 16 heavy (non-hydrogen) atoms. The lowest BCUT2D eigenvalue weighted by atomic mass is 10.0. The first-order valence-electron chi connectivity index (χ1n) is 4.23. The summed E-state index contributed by atoms with van der Waals surface area (Å²) in [4.78, 5) is 0. The van der Waals surface area contributed by atoms with Crippen molar-refractivity contribution in [3.05, 3.63) is 27.7 Å². The van der Waals surface area contributed by atoms with E-state index >= 15 is 0 Å². The minimum atomic E-state index is -4.53. The van der Waals surface area contributed by atoms with E-state index in [1.807, 2.05) is 0 Å². The Morgan fingerprint density at radius 3 is 2.38 bits per heavy atom. The second-order valence-electron chi connectivity index (χ2n) is 3.18. The lowest BCUT2D eigenvalue weighted by Crippen LogP contribution is -2.16. The number of halogens is 4. The van der Waals surface area contributed by atoms with Crippen molar-refractivity contribution in [1.82, 2.24) is 0 Å². The van der Waals surface area contributed by atoms with Crippen molar-refractivity contribution in [2.75, 3.05) is 6.61 Å². The van der Waals surface area contributed by atoms with E-state index in [9.17, 15) is 18.3 Å². The Bertz CT molecular complexity index is 395.